The summed E-state index contributed by atoms with van der Waals surface area (Å²) < 4.78 is 1.90. The maximum absolute atomic E-state index is 11.9. The number of para-hydroxylation sites is 1. The summed E-state index contributed by atoms with van der Waals surface area (Å²) in [7, 11) is 1.96. The van der Waals surface area contributed by atoms with Crippen molar-refractivity contribution in [2.75, 3.05) is 18.0 Å². The first-order valence-electron chi connectivity index (χ1n) is 6.60. The Morgan fingerprint density at radius 1 is 1.26 bits per heavy atom. The van der Waals surface area contributed by atoms with Crippen LogP contribution in [0.3, 0.4) is 0 Å². The first kappa shape index (κ1) is 12.0. The van der Waals surface area contributed by atoms with Gasteiger partial charge in [0.25, 0.3) is 0 Å². The Morgan fingerprint density at radius 3 is 2.89 bits per heavy atom. The number of aryl methyl sites for hydroxylation is 1. The minimum absolute atomic E-state index is 0.257. The summed E-state index contributed by atoms with van der Waals surface area (Å²) in [6.07, 6.45) is 3.38. The van der Waals surface area contributed by atoms with Gasteiger partial charge in [-0.2, -0.15) is 5.10 Å². The van der Waals surface area contributed by atoms with E-state index in [4.69, 9.17) is 0 Å². The molecule has 0 unspecified atom stereocenters. The van der Waals surface area contributed by atoms with Crippen molar-refractivity contribution >= 4 is 11.5 Å². The van der Waals surface area contributed by atoms with Crippen LogP contribution in [0.5, 0.6) is 0 Å². The Labute approximate surface area is 112 Å². The second-order valence-corrected chi connectivity index (χ2v) is 4.87. The fourth-order valence-corrected chi connectivity index (χ4v) is 2.61. The molecule has 0 N–H and O–H groups in total. The molecule has 0 fully saturated rings. The highest BCUT2D eigenvalue weighted by molar-refractivity contribution is 6.03. The summed E-state index contributed by atoms with van der Waals surface area (Å²) in [6.45, 7) is 1.73. The van der Waals surface area contributed by atoms with Crippen LogP contribution < -0.4 is 4.90 Å². The Morgan fingerprint density at radius 2 is 2.11 bits per heavy atom. The van der Waals surface area contributed by atoms with Gasteiger partial charge >= 0.3 is 0 Å². The average molecular weight is 255 g/mol. The molecule has 3 rings (SSSR count). The smallest absolute Gasteiger partial charge is 0.166 e. The molecule has 0 radical (unpaired) electrons. The van der Waals surface area contributed by atoms with E-state index in [0.717, 1.165) is 30.8 Å². The number of rotatable bonds is 3. The largest absolute Gasteiger partial charge is 0.370 e. The van der Waals surface area contributed by atoms with Gasteiger partial charge in [0.15, 0.2) is 5.78 Å². The van der Waals surface area contributed by atoms with Crippen molar-refractivity contribution in [3.8, 4) is 0 Å². The highest BCUT2D eigenvalue weighted by Gasteiger charge is 2.22. The van der Waals surface area contributed by atoms with Crippen molar-refractivity contribution < 1.29 is 4.79 Å². The quantitative estimate of drug-likeness (QED) is 0.842. The number of nitrogens with zero attached hydrogens (tertiary/aromatic N) is 3. The van der Waals surface area contributed by atoms with Crippen LogP contribution in [0.2, 0.25) is 0 Å². The SMILES string of the molecule is Cn1nccc1CCN1CCC(=O)c2ccccc21. The van der Waals surface area contributed by atoms with Gasteiger partial charge in [-0.3, -0.25) is 9.48 Å². The van der Waals surface area contributed by atoms with E-state index >= 15 is 0 Å². The zero-order valence-electron chi connectivity index (χ0n) is 11.0. The molecule has 0 saturated carbocycles. The van der Waals surface area contributed by atoms with Crippen molar-refractivity contribution in [1.29, 1.82) is 0 Å². The van der Waals surface area contributed by atoms with Crippen molar-refractivity contribution in [2.45, 2.75) is 12.8 Å². The van der Waals surface area contributed by atoms with Crippen LogP contribution in [0, 0.1) is 0 Å². The number of benzene rings is 1. The van der Waals surface area contributed by atoms with Gasteiger partial charge < -0.3 is 4.90 Å². The highest BCUT2D eigenvalue weighted by atomic mass is 16.1. The number of hydrogen-bond acceptors (Lipinski definition) is 3. The summed E-state index contributed by atoms with van der Waals surface area (Å²) in [5.41, 5.74) is 3.15. The lowest BCUT2D eigenvalue weighted by atomic mass is 10.0. The third-order valence-electron chi connectivity index (χ3n) is 3.71. The zero-order valence-corrected chi connectivity index (χ0v) is 11.0. The van der Waals surface area contributed by atoms with E-state index in [2.05, 4.69) is 10.00 Å². The summed E-state index contributed by atoms with van der Waals surface area (Å²) >= 11 is 0. The molecule has 4 heteroatoms. The second-order valence-electron chi connectivity index (χ2n) is 4.87. The molecule has 19 heavy (non-hydrogen) atoms. The second kappa shape index (κ2) is 4.88. The van der Waals surface area contributed by atoms with E-state index in [1.807, 2.05) is 48.3 Å². The highest BCUT2D eigenvalue weighted by Crippen LogP contribution is 2.26. The summed E-state index contributed by atoms with van der Waals surface area (Å²) in [5.74, 6) is 0.257. The molecule has 1 aromatic heterocycles. The van der Waals surface area contributed by atoms with Crippen LogP contribution in [0.4, 0.5) is 5.69 Å². The average Bonchev–Trinajstić information content (AvgIpc) is 2.84. The molecule has 0 bridgehead atoms. The van der Waals surface area contributed by atoms with Crippen LogP contribution in [0.25, 0.3) is 0 Å². The van der Waals surface area contributed by atoms with Crippen molar-refractivity contribution in [3.05, 3.63) is 47.8 Å². The zero-order chi connectivity index (χ0) is 13.2. The van der Waals surface area contributed by atoms with Gasteiger partial charge in [0.05, 0.1) is 0 Å². The molecule has 1 aliphatic heterocycles. The minimum atomic E-state index is 0.257. The molecule has 2 heterocycles. The summed E-state index contributed by atoms with van der Waals surface area (Å²) in [5, 5.41) is 4.18. The minimum Gasteiger partial charge on any atom is -0.370 e. The molecule has 4 nitrogen and oxygen atoms in total. The lowest BCUT2D eigenvalue weighted by molar-refractivity contribution is 0.0980. The van der Waals surface area contributed by atoms with Gasteiger partial charge in [0, 0.05) is 56.1 Å². The number of fused-ring (bicyclic) bond motifs is 1. The van der Waals surface area contributed by atoms with Crippen LogP contribution in [0.15, 0.2) is 36.5 Å². The standard InChI is InChI=1S/C15H17N3O/c1-17-12(6-9-16-17)7-10-18-11-8-15(19)13-4-2-3-5-14(13)18/h2-6,9H,7-8,10-11H2,1H3. The van der Waals surface area contributed by atoms with Crippen LogP contribution >= 0.6 is 0 Å². The molecule has 98 valence electrons. The van der Waals surface area contributed by atoms with Gasteiger partial charge in [-0.15, -0.1) is 0 Å². The van der Waals surface area contributed by atoms with Gasteiger partial charge in [-0.25, -0.2) is 0 Å². The maximum Gasteiger partial charge on any atom is 0.166 e. The van der Waals surface area contributed by atoms with Gasteiger partial charge in [0.1, 0.15) is 0 Å². The lowest BCUT2D eigenvalue weighted by Gasteiger charge is -2.30. The molecule has 1 aromatic carbocycles. The molecule has 0 spiro atoms. The normalized spacial score (nSPS) is 14.6. The molecular weight excluding hydrogens is 238 g/mol. The number of hydrogen-bond donors (Lipinski definition) is 0. The number of carbonyl (C=O) groups excluding carboxylic acids is 1. The first-order chi connectivity index (χ1) is 9.25. The number of ketones is 1. The molecule has 1 aliphatic rings. The van der Waals surface area contributed by atoms with Gasteiger partial charge in [-0.1, -0.05) is 12.1 Å². The predicted octanol–water partition coefficient (Wildman–Crippen LogP) is 2.06. The Hall–Kier alpha value is -2.10. The third-order valence-corrected chi connectivity index (χ3v) is 3.71. The van der Waals surface area contributed by atoms with E-state index in [1.165, 1.54) is 5.69 Å². The number of Topliss-reactive ketones (excluding diaryl/α,β-unsaturated/α-hetero) is 1. The lowest BCUT2D eigenvalue weighted by Crippen LogP contribution is -2.33. The number of carbonyl (C=O) groups is 1. The van der Waals surface area contributed by atoms with Crippen LogP contribution in [0.1, 0.15) is 22.5 Å². The topological polar surface area (TPSA) is 38.1 Å². The molecule has 2 aromatic rings. The van der Waals surface area contributed by atoms with Crippen molar-refractivity contribution in [1.82, 2.24) is 9.78 Å². The number of anilines is 1. The monoisotopic (exact) mass is 255 g/mol. The molecule has 0 aliphatic carbocycles. The summed E-state index contributed by atoms with van der Waals surface area (Å²) in [6, 6.07) is 9.93. The third kappa shape index (κ3) is 2.26. The van der Waals surface area contributed by atoms with Gasteiger partial charge in [-0.05, 0) is 18.2 Å². The molecule has 0 atom stereocenters. The van der Waals surface area contributed by atoms with E-state index in [1.54, 1.807) is 0 Å². The van der Waals surface area contributed by atoms with E-state index in [0.29, 0.717) is 6.42 Å². The van der Waals surface area contributed by atoms with Crippen molar-refractivity contribution in [2.24, 2.45) is 7.05 Å². The Bertz CT molecular complexity index is 603. The van der Waals surface area contributed by atoms with E-state index in [9.17, 15) is 4.79 Å². The van der Waals surface area contributed by atoms with Gasteiger partial charge in [0.2, 0.25) is 0 Å². The Balaban J connectivity index is 1.78. The Kier molecular flexibility index (Phi) is 3.07. The maximum atomic E-state index is 11.9. The fourth-order valence-electron chi connectivity index (χ4n) is 2.61. The molecule has 0 saturated heterocycles. The molecular formula is C15H17N3O. The van der Waals surface area contributed by atoms with E-state index in [-0.39, 0.29) is 5.78 Å². The fraction of sp³-hybridized carbons (Fsp3) is 0.333. The van der Waals surface area contributed by atoms with Crippen molar-refractivity contribution in [3.63, 3.8) is 0 Å². The van der Waals surface area contributed by atoms with E-state index < -0.39 is 0 Å². The van der Waals surface area contributed by atoms with Crippen LogP contribution in [-0.4, -0.2) is 28.7 Å². The molecule has 0 amide bonds. The predicted molar refractivity (Wildman–Crippen MR) is 74.5 cm³/mol. The van der Waals surface area contributed by atoms with Crippen LogP contribution in [-0.2, 0) is 13.5 Å². The first-order valence-corrected chi connectivity index (χ1v) is 6.60. The number of aromatic nitrogens is 2. The summed E-state index contributed by atoms with van der Waals surface area (Å²) in [4.78, 5) is 14.2.